The van der Waals surface area contributed by atoms with Crippen molar-refractivity contribution in [1.29, 1.82) is 0 Å². The van der Waals surface area contributed by atoms with Gasteiger partial charge in [-0.1, -0.05) is 38.1 Å². The van der Waals surface area contributed by atoms with Crippen molar-refractivity contribution in [3.63, 3.8) is 0 Å². The Balaban J connectivity index is 1.69. The molecule has 2 aromatic rings. The second kappa shape index (κ2) is 7.40. The van der Waals surface area contributed by atoms with Gasteiger partial charge in [0.15, 0.2) is 0 Å². The fourth-order valence-electron chi connectivity index (χ4n) is 2.97. The molecule has 130 valence electrons. The van der Waals surface area contributed by atoms with Gasteiger partial charge in [-0.2, -0.15) is 0 Å². The molecule has 1 saturated heterocycles. The van der Waals surface area contributed by atoms with E-state index in [0.717, 1.165) is 15.8 Å². The number of carbonyl (C=O) groups is 2. The molecule has 5 heteroatoms. The Hall–Kier alpha value is -2.14. The molecule has 1 fully saturated rings. The van der Waals surface area contributed by atoms with Gasteiger partial charge in [0.1, 0.15) is 0 Å². The van der Waals surface area contributed by atoms with Gasteiger partial charge in [-0.3, -0.25) is 9.59 Å². The lowest BCUT2D eigenvalue weighted by Gasteiger charge is -2.18. The van der Waals surface area contributed by atoms with Gasteiger partial charge in [0, 0.05) is 23.1 Å². The van der Waals surface area contributed by atoms with Crippen LogP contribution in [0.3, 0.4) is 0 Å². The number of carbonyl (C=O) groups excluding carboxylic acids is 2. The Morgan fingerprint density at radius 1 is 1.16 bits per heavy atom. The Morgan fingerprint density at radius 2 is 1.84 bits per heavy atom. The molecule has 0 spiro atoms. The highest BCUT2D eigenvalue weighted by atomic mass is 79.9. The van der Waals surface area contributed by atoms with Gasteiger partial charge in [0.2, 0.25) is 11.8 Å². The lowest BCUT2D eigenvalue weighted by molar-refractivity contribution is -0.122. The van der Waals surface area contributed by atoms with Crippen LogP contribution in [0, 0.1) is 5.92 Å². The first kappa shape index (κ1) is 17.7. The molecule has 1 atom stereocenters. The molecule has 0 unspecified atom stereocenters. The van der Waals surface area contributed by atoms with Crippen LogP contribution in [0.4, 0.5) is 11.4 Å². The Labute approximate surface area is 156 Å². The van der Waals surface area contributed by atoms with Crippen LogP contribution < -0.4 is 10.2 Å². The number of para-hydroxylation sites is 1. The standard InChI is InChI=1S/C20H21BrN2O2/c1-13(2)14-7-9-16(10-8-14)23-12-15(11-19(23)24)20(25)22-18-6-4-3-5-17(18)21/h3-10,13,15H,11-12H2,1-2H3,(H,22,25)/t15-/m1/s1. The predicted molar refractivity (Wildman–Crippen MR) is 104 cm³/mol. The first-order chi connectivity index (χ1) is 12.0. The Morgan fingerprint density at radius 3 is 2.48 bits per heavy atom. The van der Waals surface area contributed by atoms with E-state index in [4.69, 9.17) is 0 Å². The van der Waals surface area contributed by atoms with Crippen LogP contribution in [0.15, 0.2) is 53.0 Å². The van der Waals surface area contributed by atoms with E-state index in [-0.39, 0.29) is 24.2 Å². The Kier molecular flexibility index (Phi) is 5.23. The summed E-state index contributed by atoms with van der Waals surface area (Å²) in [5.41, 5.74) is 2.81. The van der Waals surface area contributed by atoms with E-state index in [2.05, 4.69) is 35.1 Å². The zero-order chi connectivity index (χ0) is 18.0. The average Bonchev–Trinajstić information content (AvgIpc) is 2.99. The van der Waals surface area contributed by atoms with Crippen molar-refractivity contribution in [2.24, 2.45) is 5.92 Å². The summed E-state index contributed by atoms with van der Waals surface area (Å²) in [6.45, 7) is 4.69. The van der Waals surface area contributed by atoms with Crippen LogP contribution in [0.1, 0.15) is 31.7 Å². The number of amides is 2. The summed E-state index contributed by atoms with van der Waals surface area (Å²) >= 11 is 3.42. The van der Waals surface area contributed by atoms with Crippen molar-refractivity contribution in [1.82, 2.24) is 0 Å². The third-order valence-corrected chi connectivity index (χ3v) is 5.19. The minimum atomic E-state index is -0.343. The van der Waals surface area contributed by atoms with Crippen molar-refractivity contribution in [2.45, 2.75) is 26.2 Å². The van der Waals surface area contributed by atoms with Crippen LogP contribution in [0.5, 0.6) is 0 Å². The zero-order valence-electron chi connectivity index (χ0n) is 14.3. The van der Waals surface area contributed by atoms with Crippen LogP contribution in [-0.2, 0) is 9.59 Å². The number of halogens is 1. The third kappa shape index (κ3) is 3.93. The number of rotatable bonds is 4. The lowest BCUT2D eigenvalue weighted by atomic mass is 10.0. The van der Waals surface area contributed by atoms with Gasteiger partial charge >= 0.3 is 0 Å². The number of hydrogen-bond acceptors (Lipinski definition) is 2. The molecule has 1 N–H and O–H groups in total. The van der Waals surface area contributed by atoms with Gasteiger partial charge in [-0.15, -0.1) is 0 Å². The molecule has 0 aliphatic carbocycles. The summed E-state index contributed by atoms with van der Waals surface area (Å²) in [7, 11) is 0. The molecule has 0 bridgehead atoms. The van der Waals surface area contributed by atoms with Gasteiger partial charge in [0.25, 0.3) is 0 Å². The zero-order valence-corrected chi connectivity index (χ0v) is 15.9. The van der Waals surface area contributed by atoms with Crippen molar-refractivity contribution < 1.29 is 9.59 Å². The minimum absolute atomic E-state index is 0.00965. The van der Waals surface area contributed by atoms with Gasteiger partial charge < -0.3 is 10.2 Å². The van der Waals surface area contributed by atoms with Crippen LogP contribution in [-0.4, -0.2) is 18.4 Å². The topological polar surface area (TPSA) is 49.4 Å². The first-order valence-electron chi connectivity index (χ1n) is 8.41. The van der Waals surface area contributed by atoms with Crippen molar-refractivity contribution >= 4 is 39.1 Å². The molecule has 2 aromatic carbocycles. The SMILES string of the molecule is CC(C)c1ccc(N2C[C@H](C(=O)Nc3ccccc3Br)CC2=O)cc1. The maximum absolute atomic E-state index is 12.5. The fourth-order valence-corrected chi connectivity index (χ4v) is 3.35. The molecule has 25 heavy (non-hydrogen) atoms. The molecule has 3 rings (SSSR count). The molecule has 1 aliphatic rings. The molecule has 0 aromatic heterocycles. The monoisotopic (exact) mass is 400 g/mol. The van der Waals surface area contributed by atoms with E-state index in [1.165, 1.54) is 5.56 Å². The molecule has 0 saturated carbocycles. The average molecular weight is 401 g/mol. The normalized spacial score (nSPS) is 17.2. The first-order valence-corrected chi connectivity index (χ1v) is 9.20. The quantitative estimate of drug-likeness (QED) is 0.817. The van der Waals surface area contributed by atoms with Crippen molar-refractivity contribution in [3.8, 4) is 0 Å². The van der Waals surface area contributed by atoms with Crippen molar-refractivity contribution in [3.05, 3.63) is 58.6 Å². The Bertz CT molecular complexity index is 787. The number of benzene rings is 2. The van der Waals surface area contributed by atoms with Crippen LogP contribution >= 0.6 is 15.9 Å². The molecule has 1 aliphatic heterocycles. The minimum Gasteiger partial charge on any atom is -0.325 e. The number of anilines is 2. The molecule has 1 heterocycles. The maximum Gasteiger partial charge on any atom is 0.229 e. The fraction of sp³-hybridized carbons (Fsp3) is 0.300. The summed E-state index contributed by atoms with van der Waals surface area (Å²) in [6, 6.07) is 15.5. The molecule has 2 amide bonds. The number of nitrogens with zero attached hydrogens (tertiary/aromatic N) is 1. The van der Waals surface area contributed by atoms with Crippen LogP contribution in [0.25, 0.3) is 0 Å². The van der Waals surface area contributed by atoms with Crippen molar-refractivity contribution in [2.75, 3.05) is 16.8 Å². The highest BCUT2D eigenvalue weighted by Crippen LogP contribution is 2.28. The van der Waals surface area contributed by atoms with E-state index in [9.17, 15) is 9.59 Å². The summed E-state index contributed by atoms with van der Waals surface area (Å²) in [5, 5.41) is 2.90. The second-order valence-electron chi connectivity index (χ2n) is 6.62. The predicted octanol–water partition coefficient (Wildman–Crippen LogP) is 4.56. The van der Waals surface area contributed by atoms with E-state index in [1.54, 1.807) is 4.90 Å². The summed E-state index contributed by atoms with van der Waals surface area (Å²) in [4.78, 5) is 26.6. The van der Waals surface area contributed by atoms with Gasteiger partial charge in [-0.05, 0) is 51.7 Å². The smallest absolute Gasteiger partial charge is 0.229 e. The lowest BCUT2D eigenvalue weighted by Crippen LogP contribution is -2.28. The highest BCUT2D eigenvalue weighted by molar-refractivity contribution is 9.10. The number of nitrogens with one attached hydrogen (secondary N) is 1. The van der Waals surface area contributed by atoms with E-state index in [1.807, 2.05) is 48.5 Å². The molecular formula is C20H21BrN2O2. The van der Waals surface area contributed by atoms with Gasteiger partial charge in [0.05, 0.1) is 11.6 Å². The maximum atomic E-state index is 12.5. The highest BCUT2D eigenvalue weighted by Gasteiger charge is 2.35. The summed E-state index contributed by atoms with van der Waals surface area (Å²) in [6.07, 6.45) is 0.238. The molecule has 0 radical (unpaired) electrons. The van der Waals surface area contributed by atoms with E-state index < -0.39 is 0 Å². The molecular weight excluding hydrogens is 380 g/mol. The third-order valence-electron chi connectivity index (χ3n) is 4.50. The summed E-state index contributed by atoms with van der Waals surface area (Å²) in [5.74, 6) is -0.0262. The summed E-state index contributed by atoms with van der Waals surface area (Å²) < 4.78 is 0.828. The number of hydrogen-bond donors (Lipinski definition) is 1. The largest absolute Gasteiger partial charge is 0.325 e. The van der Waals surface area contributed by atoms with E-state index in [0.29, 0.717) is 12.5 Å². The molecule has 4 nitrogen and oxygen atoms in total. The second-order valence-corrected chi connectivity index (χ2v) is 7.48. The van der Waals surface area contributed by atoms with E-state index >= 15 is 0 Å². The van der Waals surface area contributed by atoms with Gasteiger partial charge in [-0.25, -0.2) is 0 Å². The van der Waals surface area contributed by atoms with Crippen LogP contribution in [0.2, 0.25) is 0 Å².